The molecule has 106 valence electrons. The van der Waals surface area contributed by atoms with Crippen molar-refractivity contribution in [3.8, 4) is 12.1 Å². The number of nitriles is 2. The Morgan fingerprint density at radius 2 is 1.77 bits per heavy atom. The topological polar surface area (TPSA) is 73.9 Å². The standard InChI is InChI=1S/C18H12N2O2/c19-11-15-7-5-14(6-8-15)9-10-18(21)22-13-17-4-2-1-3-16(17)12-20/h1-10H,13H2/b10-9+. The molecule has 4 heteroatoms. The Balaban J connectivity index is 1.94. The molecule has 2 rings (SSSR count). The predicted octanol–water partition coefficient (Wildman–Crippen LogP) is 3.19. The summed E-state index contributed by atoms with van der Waals surface area (Å²) in [5.74, 6) is -0.489. The van der Waals surface area contributed by atoms with Crippen molar-refractivity contribution >= 4 is 12.0 Å². The van der Waals surface area contributed by atoms with Crippen molar-refractivity contribution in [2.24, 2.45) is 0 Å². The summed E-state index contributed by atoms with van der Waals surface area (Å²) in [7, 11) is 0. The van der Waals surface area contributed by atoms with Gasteiger partial charge < -0.3 is 4.74 Å². The number of carbonyl (C=O) groups is 1. The van der Waals surface area contributed by atoms with Crippen molar-refractivity contribution in [1.82, 2.24) is 0 Å². The number of carbonyl (C=O) groups excluding carboxylic acids is 1. The Bertz CT molecular complexity index is 778. The molecule has 0 atom stereocenters. The minimum Gasteiger partial charge on any atom is -0.458 e. The minimum atomic E-state index is -0.489. The fourth-order valence-electron chi connectivity index (χ4n) is 1.79. The number of esters is 1. The van der Waals surface area contributed by atoms with Crippen LogP contribution in [0, 0.1) is 22.7 Å². The summed E-state index contributed by atoms with van der Waals surface area (Å²) in [5.41, 5.74) is 2.53. The highest BCUT2D eigenvalue weighted by Gasteiger charge is 2.03. The number of nitrogens with zero attached hydrogens (tertiary/aromatic N) is 2. The normalized spacial score (nSPS) is 9.91. The summed E-state index contributed by atoms with van der Waals surface area (Å²) < 4.78 is 5.11. The van der Waals surface area contributed by atoms with Gasteiger partial charge in [0.25, 0.3) is 0 Å². The van der Waals surface area contributed by atoms with E-state index in [1.165, 1.54) is 6.08 Å². The summed E-state index contributed by atoms with van der Waals surface area (Å²) in [6.45, 7) is 0.0558. The Labute approximate surface area is 128 Å². The van der Waals surface area contributed by atoms with E-state index in [4.69, 9.17) is 15.3 Å². The van der Waals surface area contributed by atoms with E-state index in [0.29, 0.717) is 16.7 Å². The highest BCUT2D eigenvalue weighted by atomic mass is 16.5. The van der Waals surface area contributed by atoms with Crippen LogP contribution in [0.5, 0.6) is 0 Å². The van der Waals surface area contributed by atoms with Crippen LogP contribution in [0.1, 0.15) is 22.3 Å². The van der Waals surface area contributed by atoms with E-state index in [0.717, 1.165) is 5.56 Å². The molecular formula is C18H12N2O2. The van der Waals surface area contributed by atoms with Gasteiger partial charge in [-0.1, -0.05) is 30.3 Å². The molecule has 0 saturated heterocycles. The molecule has 0 heterocycles. The van der Waals surface area contributed by atoms with Crippen molar-refractivity contribution < 1.29 is 9.53 Å². The highest BCUT2D eigenvalue weighted by molar-refractivity contribution is 5.87. The van der Waals surface area contributed by atoms with E-state index in [1.807, 2.05) is 6.07 Å². The van der Waals surface area contributed by atoms with Crippen molar-refractivity contribution in [3.05, 3.63) is 76.9 Å². The van der Waals surface area contributed by atoms with Crippen LogP contribution >= 0.6 is 0 Å². The molecule has 0 aliphatic rings. The third kappa shape index (κ3) is 4.06. The van der Waals surface area contributed by atoms with Gasteiger partial charge in [0.05, 0.1) is 23.3 Å². The average molecular weight is 288 g/mol. The lowest BCUT2D eigenvalue weighted by atomic mass is 10.1. The van der Waals surface area contributed by atoms with Gasteiger partial charge in [-0.25, -0.2) is 4.79 Å². The molecule has 0 bridgehead atoms. The first-order chi connectivity index (χ1) is 10.7. The quantitative estimate of drug-likeness (QED) is 0.639. The molecule has 0 aliphatic heterocycles. The van der Waals surface area contributed by atoms with Crippen LogP contribution in [0.3, 0.4) is 0 Å². The molecule has 0 unspecified atom stereocenters. The molecule has 0 N–H and O–H groups in total. The van der Waals surface area contributed by atoms with E-state index in [1.54, 1.807) is 54.6 Å². The Kier molecular flexibility index (Phi) is 5.07. The molecule has 0 radical (unpaired) electrons. The van der Waals surface area contributed by atoms with Crippen molar-refractivity contribution in [2.45, 2.75) is 6.61 Å². The first-order valence-corrected chi connectivity index (χ1v) is 6.56. The van der Waals surface area contributed by atoms with Gasteiger partial charge in [-0.05, 0) is 29.8 Å². The lowest BCUT2D eigenvalue weighted by molar-refractivity contribution is -0.138. The van der Waals surface area contributed by atoms with Crippen LogP contribution in [0.25, 0.3) is 6.08 Å². The molecule has 0 spiro atoms. The molecule has 0 amide bonds. The van der Waals surface area contributed by atoms with Gasteiger partial charge in [-0.15, -0.1) is 0 Å². The zero-order valence-electron chi connectivity index (χ0n) is 11.7. The van der Waals surface area contributed by atoms with Gasteiger partial charge in [0, 0.05) is 11.6 Å². The zero-order chi connectivity index (χ0) is 15.8. The second-order valence-corrected chi connectivity index (χ2v) is 4.44. The van der Waals surface area contributed by atoms with Crippen LogP contribution in [0.15, 0.2) is 54.6 Å². The second-order valence-electron chi connectivity index (χ2n) is 4.44. The Morgan fingerprint density at radius 3 is 2.45 bits per heavy atom. The third-order valence-electron chi connectivity index (χ3n) is 2.96. The van der Waals surface area contributed by atoms with Crippen LogP contribution in [-0.4, -0.2) is 5.97 Å². The molecule has 4 nitrogen and oxygen atoms in total. The number of ether oxygens (including phenoxy) is 1. The summed E-state index contributed by atoms with van der Waals surface area (Å²) in [4.78, 5) is 11.7. The first-order valence-electron chi connectivity index (χ1n) is 6.56. The van der Waals surface area contributed by atoms with E-state index < -0.39 is 5.97 Å². The van der Waals surface area contributed by atoms with Crippen LogP contribution in [0.4, 0.5) is 0 Å². The highest BCUT2D eigenvalue weighted by Crippen LogP contribution is 2.09. The van der Waals surface area contributed by atoms with Crippen LogP contribution in [-0.2, 0) is 16.1 Å². The summed E-state index contributed by atoms with van der Waals surface area (Å²) in [6, 6.07) is 17.9. The fraction of sp³-hybridized carbons (Fsp3) is 0.0556. The van der Waals surface area contributed by atoms with Gasteiger partial charge in [0.2, 0.25) is 0 Å². The summed E-state index contributed by atoms with van der Waals surface area (Å²) in [6.07, 6.45) is 2.93. The largest absolute Gasteiger partial charge is 0.458 e. The molecular weight excluding hydrogens is 276 g/mol. The van der Waals surface area contributed by atoms with E-state index in [2.05, 4.69) is 6.07 Å². The Hall–Kier alpha value is -3.37. The summed E-state index contributed by atoms with van der Waals surface area (Å²) >= 11 is 0. The third-order valence-corrected chi connectivity index (χ3v) is 2.96. The first kappa shape index (κ1) is 15.0. The molecule has 2 aromatic rings. The van der Waals surface area contributed by atoms with E-state index in [9.17, 15) is 4.79 Å². The zero-order valence-corrected chi connectivity index (χ0v) is 11.7. The number of rotatable bonds is 4. The van der Waals surface area contributed by atoms with Crippen molar-refractivity contribution in [1.29, 1.82) is 10.5 Å². The monoisotopic (exact) mass is 288 g/mol. The molecule has 0 fully saturated rings. The van der Waals surface area contributed by atoms with Crippen molar-refractivity contribution in [2.75, 3.05) is 0 Å². The number of hydrogen-bond acceptors (Lipinski definition) is 4. The maximum Gasteiger partial charge on any atom is 0.331 e. The SMILES string of the molecule is N#Cc1ccc(/C=C/C(=O)OCc2ccccc2C#N)cc1. The minimum absolute atomic E-state index is 0.0558. The van der Waals surface area contributed by atoms with Gasteiger partial charge in [-0.3, -0.25) is 0 Å². The number of hydrogen-bond donors (Lipinski definition) is 0. The maximum atomic E-state index is 11.7. The molecule has 0 aromatic heterocycles. The van der Waals surface area contributed by atoms with Gasteiger partial charge in [0.15, 0.2) is 0 Å². The number of benzene rings is 2. The smallest absolute Gasteiger partial charge is 0.331 e. The lowest BCUT2D eigenvalue weighted by Gasteiger charge is -2.03. The Morgan fingerprint density at radius 1 is 1.05 bits per heavy atom. The lowest BCUT2D eigenvalue weighted by Crippen LogP contribution is -2.02. The molecule has 0 saturated carbocycles. The van der Waals surface area contributed by atoms with E-state index >= 15 is 0 Å². The molecule has 0 aliphatic carbocycles. The van der Waals surface area contributed by atoms with Crippen LogP contribution < -0.4 is 0 Å². The van der Waals surface area contributed by atoms with Gasteiger partial charge in [0.1, 0.15) is 6.61 Å². The van der Waals surface area contributed by atoms with Gasteiger partial charge >= 0.3 is 5.97 Å². The van der Waals surface area contributed by atoms with E-state index in [-0.39, 0.29) is 6.61 Å². The predicted molar refractivity (Wildman–Crippen MR) is 81.1 cm³/mol. The van der Waals surface area contributed by atoms with Gasteiger partial charge in [-0.2, -0.15) is 10.5 Å². The second kappa shape index (κ2) is 7.42. The maximum absolute atomic E-state index is 11.7. The molecule has 22 heavy (non-hydrogen) atoms. The molecule has 2 aromatic carbocycles. The summed E-state index contributed by atoms with van der Waals surface area (Å²) in [5, 5.41) is 17.7. The van der Waals surface area contributed by atoms with Crippen molar-refractivity contribution in [3.63, 3.8) is 0 Å². The average Bonchev–Trinajstić information content (AvgIpc) is 2.58. The fourth-order valence-corrected chi connectivity index (χ4v) is 1.79. The van der Waals surface area contributed by atoms with Crippen LogP contribution in [0.2, 0.25) is 0 Å².